The normalized spacial score (nSPS) is 22.6. The molecule has 0 radical (unpaired) electrons. The maximum absolute atomic E-state index is 11.9. The summed E-state index contributed by atoms with van der Waals surface area (Å²) < 4.78 is 28.8. The van der Waals surface area contributed by atoms with Crippen molar-refractivity contribution in [2.75, 3.05) is 18.6 Å². The average molecular weight is 279 g/mol. The summed E-state index contributed by atoms with van der Waals surface area (Å²) in [6.45, 7) is 0. The van der Waals surface area contributed by atoms with Crippen LogP contribution in [-0.2, 0) is 9.84 Å². The highest BCUT2D eigenvalue weighted by atomic mass is 35.5. The Balaban J connectivity index is 2.45. The van der Waals surface area contributed by atoms with Crippen LogP contribution in [0.2, 0.25) is 5.15 Å². The monoisotopic (exact) mass is 278 g/mol. The second-order valence-electron chi connectivity index (χ2n) is 3.84. The van der Waals surface area contributed by atoms with Gasteiger partial charge in [-0.3, -0.25) is 9.36 Å². The van der Waals surface area contributed by atoms with Crippen molar-refractivity contribution in [3.05, 3.63) is 21.8 Å². The first-order chi connectivity index (χ1) is 7.94. The number of nitrogens with zero attached hydrogens (tertiary/aromatic N) is 2. The molecule has 1 saturated heterocycles. The van der Waals surface area contributed by atoms with Gasteiger partial charge in [-0.25, -0.2) is 13.4 Å². The molecule has 8 heteroatoms. The summed E-state index contributed by atoms with van der Waals surface area (Å²) in [5, 5.41) is -0.0189. The van der Waals surface area contributed by atoms with Crippen LogP contribution in [-0.4, -0.2) is 36.6 Å². The van der Waals surface area contributed by atoms with E-state index in [0.29, 0.717) is 6.42 Å². The molecule has 1 aromatic rings. The molecule has 0 bridgehead atoms. The fourth-order valence-corrected chi connectivity index (χ4v) is 3.77. The lowest BCUT2D eigenvalue weighted by Crippen LogP contribution is -2.27. The van der Waals surface area contributed by atoms with E-state index in [1.54, 1.807) is 0 Å². The Morgan fingerprint density at radius 2 is 2.29 bits per heavy atom. The van der Waals surface area contributed by atoms with Crippen LogP contribution in [0.3, 0.4) is 0 Å². The molecule has 0 amide bonds. The van der Waals surface area contributed by atoms with Crippen molar-refractivity contribution in [1.29, 1.82) is 0 Å². The van der Waals surface area contributed by atoms with Gasteiger partial charge in [0.2, 0.25) is 5.75 Å². The first-order valence-corrected chi connectivity index (χ1v) is 7.15. The summed E-state index contributed by atoms with van der Waals surface area (Å²) in [6.07, 6.45) is 1.67. The number of aromatic nitrogens is 2. The average Bonchev–Trinajstić information content (AvgIpc) is 2.59. The van der Waals surface area contributed by atoms with Gasteiger partial charge >= 0.3 is 0 Å². The second kappa shape index (κ2) is 4.30. The summed E-state index contributed by atoms with van der Waals surface area (Å²) in [4.78, 5) is 15.7. The SMILES string of the molecule is COc1c(Cl)ncn(C2CCS(=O)(=O)C2)c1=O. The first kappa shape index (κ1) is 12.4. The Kier molecular flexibility index (Phi) is 3.13. The molecular weight excluding hydrogens is 268 g/mol. The fourth-order valence-electron chi connectivity index (χ4n) is 1.86. The fraction of sp³-hybridized carbons (Fsp3) is 0.556. The Morgan fingerprint density at radius 1 is 1.59 bits per heavy atom. The van der Waals surface area contributed by atoms with Crippen LogP contribution in [0.4, 0.5) is 0 Å². The van der Waals surface area contributed by atoms with E-state index >= 15 is 0 Å². The lowest BCUT2D eigenvalue weighted by molar-refractivity contribution is 0.393. The molecule has 0 aromatic carbocycles. The minimum atomic E-state index is -3.05. The number of rotatable bonds is 2. The van der Waals surface area contributed by atoms with Gasteiger partial charge in [-0.2, -0.15) is 0 Å². The predicted octanol–water partition coefficient (Wildman–Crippen LogP) is 0.265. The standard InChI is InChI=1S/C9H11ClN2O4S/c1-16-7-8(10)11-5-12(9(7)13)6-2-3-17(14,15)4-6/h5-6H,2-4H2,1H3. The van der Waals surface area contributed by atoms with E-state index in [-0.39, 0.29) is 28.5 Å². The van der Waals surface area contributed by atoms with Crippen LogP contribution in [0.15, 0.2) is 11.1 Å². The molecule has 0 saturated carbocycles. The molecule has 1 fully saturated rings. The molecule has 2 heterocycles. The number of sulfone groups is 1. The molecule has 94 valence electrons. The molecule has 0 aliphatic carbocycles. The van der Waals surface area contributed by atoms with E-state index < -0.39 is 15.4 Å². The first-order valence-electron chi connectivity index (χ1n) is 4.95. The van der Waals surface area contributed by atoms with Crippen molar-refractivity contribution >= 4 is 21.4 Å². The van der Waals surface area contributed by atoms with Crippen LogP contribution in [0.25, 0.3) is 0 Å². The van der Waals surface area contributed by atoms with E-state index in [1.165, 1.54) is 18.0 Å². The number of methoxy groups -OCH3 is 1. The van der Waals surface area contributed by atoms with Crippen molar-refractivity contribution < 1.29 is 13.2 Å². The predicted molar refractivity (Wildman–Crippen MR) is 62.4 cm³/mol. The maximum Gasteiger partial charge on any atom is 0.297 e. The summed E-state index contributed by atoms with van der Waals surface area (Å²) in [5.74, 6) is -0.00696. The molecule has 1 aromatic heterocycles. The summed E-state index contributed by atoms with van der Waals surface area (Å²) in [7, 11) is -1.73. The maximum atomic E-state index is 11.9. The summed E-state index contributed by atoms with van der Waals surface area (Å²) in [5.41, 5.74) is -0.449. The van der Waals surface area contributed by atoms with E-state index in [0.717, 1.165) is 0 Å². The van der Waals surface area contributed by atoms with Crippen molar-refractivity contribution in [3.63, 3.8) is 0 Å². The van der Waals surface area contributed by atoms with E-state index in [4.69, 9.17) is 16.3 Å². The van der Waals surface area contributed by atoms with Crippen molar-refractivity contribution in [2.45, 2.75) is 12.5 Å². The van der Waals surface area contributed by atoms with Crippen molar-refractivity contribution in [2.24, 2.45) is 0 Å². The topological polar surface area (TPSA) is 78.3 Å². The van der Waals surface area contributed by atoms with Crippen LogP contribution in [0, 0.1) is 0 Å². The highest BCUT2D eigenvalue weighted by Crippen LogP contribution is 2.24. The summed E-state index contributed by atoms with van der Waals surface area (Å²) >= 11 is 5.70. The van der Waals surface area contributed by atoms with Gasteiger partial charge in [0.25, 0.3) is 5.56 Å². The zero-order valence-corrected chi connectivity index (χ0v) is 10.7. The van der Waals surface area contributed by atoms with E-state index in [1.807, 2.05) is 0 Å². The van der Waals surface area contributed by atoms with E-state index in [2.05, 4.69) is 4.98 Å². The number of halogens is 1. The quantitative estimate of drug-likeness (QED) is 0.726. The number of hydrogen-bond donors (Lipinski definition) is 0. The lowest BCUT2D eigenvalue weighted by atomic mass is 10.2. The van der Waals surface area contributed by atoms with E-state index in [9.17, 15) is 13.2 Å². The highest BCUT2D eigenvalue weighted by molar-refractivity contribution is 7.91. The van der Waals surface area contributed by atoms with Gasteiger partial charge in [-0.15, -0.1) is 0 Å². The Morgan fingerprint density at radius 3 is 2.82 bits per heavy atom. The third kappa shape index (κ3) is 2.30. The molecule has 0 spiro atoms. The minimum Gasteiger partial charge on any atom is -0.489 e. The minimum absolute atomic E-state index is 0.0189. The zero-order valence-electron chi connectivity index (χ0n) is 9.09. The highest BCUT2D eigenvalue weighted by Gasteiger charge is 2.30. The molecule has 2 rings (SSSR count). The molecule has 0 N–H and O–H groups in total. The third-order valence-electron chi connectivity index (χ3n) is 2.72. The molecular formula is C9H11ClN2O4S. The Hall–Kier alpha value is -1.08. The number of hydrogen-bond acceptors (Lipinski definition) is 5. The molecule has 1 atom stereocenters. The van der Waals surface area contributed by atoms with Gasteiger partial charge in [-0.05, 0) is 6.42 Å². The van der Waals surface area contributed by atoms with Gasteiger partial charge in [0.1, 0.15) is 0 Å². The zero-order chi connectivity index (χ0) is 12.6. The summed E-state index contributed by atoms with van der Waals surface area (Å²) in [6, 6.07) is -0.383. The number of ether oxygens (including phenoxy) is 1. The second-order valence-corrected chi connectivity index (χ2v) is 6.42. The van der Waals surface area contributed by atoms with Crippen LogP contribution >= 0.6 is 11.6 Å². The van der Waals surface area contributed by atoms with Crippen molar-refractivity contribution in [3.8, 4) is 5.75 Å². The Bertz CT molecular complexity index is 596. The molecule has 6 nitrogen and oxygen atoms in total. The third-order valence-corrected chi connectivity index (χ3v) is 4.74. The van der Waals surface area contributed by atoms with Gasteiger partial charge < -0.3 is 4.74 Å². The molecule has 1 unspecified atom stereocenters. The van der Waals surface area contributed by atoms with Crippen LogP contribution < -0.4 is 10.3 Å². The molecule has 1 aliphatic heterocycles. The van der Waals surface area contributed by atoms with Gasteiger partial charge in [-0.1, -0.05) is 11.6 Å². The van der Waals surface area contributed by atoms with Crippen LogP contribution in [0.1, 0.15) is 12.5 Å². The van der Waals surface area contributed by atoms with Gasteiger partial charge in [0.15, 0.2) is 15.0 Å². The smallest absolute Gasteiger partial charge is 0.297 e. The lowest BCUT2D eigenvalue weighted by Gasteiger charge is -2.12. The molecule has 17 heavy (non-hydrogen) atoms. The van der Waals surface area contributed by atoms with Crippen LogP contribution in [0.5, 0.6) is 5.75 Å². The largest absolute Gasteiger partial charge is 0.489 e. The van der Waals surface area contributed by atoms with Crippen molar-refractivity contribution in [1.82, 2.24) is 9.55 Å². The molecule has 1 aliphatic rings. The Labute approximate surface area is 103 Å². The van der Waals surface area contributed by atoms with Gasteiger partial charge in [0, 0.05) is 0 Å². The van der Waals surface area contributed by atoms with Gasteiger partial charge in [0.05, 0.1) is 31.0 Å².